The predicted molar refractivity (Wildman–Crippen MR) is 94.5 cm³/mol. The Labute approximate surface area is 136 Å². The molecule has 0 aromatic rings. The van der Waals surface area contributed by atoms with Crippen LogP contribution in [0.25, 0.3) is 0 Å². The highest BCUT2D eigenvalue weighted by Crippen LogP contribution is 2.40. The number of methoxy groups -OCH3 is 1. The maximum atomic E-state index is 5.30. The van der Waals surface area contributed by atoms with Crippen molar-refractivity contribution in [2.75, 3.05) is 53.5 Å². The van der Waals surface area contributed by atoms with Gasteiger partial charge in [-0.05, 0) is 37.8 Å². The summed E-state index contributed by atoms with van der Waals surface area (Å²) in [4.78, 5) is 6.77. The van der Waals surface area contributed by atoms with Gasteiger partial charge in [-0.25, -0.2) is 0 Å². The zero-order chi connectivity index (χ0) is 16.3. The van der Waals surface area contributed by atoms with Gasteiger partial charge < -0.3 is 20.3 Å². The van der Waals surface area contributed by atoms with Crippen LogP contribution in [0.2, 0.25) is 0 Å². The molecular weight excluding hydrogens is 276 g/mol. The van der Waals surface area contributed by atoms with Gasteiger partial charge in [0.1, 0.15) is 0 Å². The first kappa shape index (κ1) is 19.2. The number of nitrogens with zero attached hydrogens (tertiary/aromatic N) is 2. The third-order valence-corrected chi connectivity index (χ3v) is 4.97. The van der Waals surface area contributed by atoms with E-state index in [9.17, 15) is 0 Å². The summed E-state index contributed by atoms with van der Waals surface area (Å²) in [6.45, 7) is 10.5. The number of guanidine groups is 1. The van der Waals surface area contributed by atoms with E-state index in [1.807, 2.05) is 7.05 Å². The van der Waals surface area contributed by atoms with Crippen LogP contribution in [0.1, 0.15) is 46.0 Å². The van der Waals surface area contributed by atoms with Crippen LogP contribution >= 0.6 is 0 Å². The van der Waals surface area contributed by atoms with E-state index in [0.29, 0.717) is 5.41 Å². The summed E-state index contributed by atoms with van der Waals surface area (Å²) >= 11 is 0. The lowest BCUT2D eigenvalue weighted by molar-refractivity contribution is 0.138. The summed E-state index contributed by atoms with van der Waals surface area (Å²) in [5.74, 6) is 0.927. The fourth-order valence-electron chi connectivity index (χ4n) is 3.32. The van der Waals surface area contributed by atoms with Crippen LogP contribution in [0.5, 0.6) is 0 Å². The van der Waals surface area contributed by atoms with Gasteiger partial charge >= 0.3 is 0 Å². The lowest BCUT2D eigenvalue weighted by Gasteiger charge is -2.30. The van der Waals surface area contributed by atoms with Gasteiger partial charge in [0, 0.05) is 40.4 Å². The SMILES string of the molecule is CCN(CC)CCNC(=NC)NCC1(CCOC)CCCC1. The number of likely N-dealkylation sites (N-methyl/N-ethyl adjacent to an activating group) is 1. The summed E-state index contributed by atoms with van der Waals surface area (Å²) < 4.78 is 5.30. The van der Waals surface area contributed by atoms with Gasteiger partial charge in [0.25, 0.3) is 0 Å². The molecule has 1 rings (SSSR count). The molecule has 0 radical (unpaired) electrons. The molecule has 0 bridgehead atoms. The third kappa shape index (κ3) is 6.53. The molecule has 0 unspecified atom stereocenters. The largest absolute Gasteiger partial charge is 0.385 e. The van der Waals surface area contributed by atoms with Gasteiger partial charge in [-0.2, -0.15) is 0 Å². The number of ether oxygens (including phenoxy) is 1. The zero-order valence-corrected chi connectivity index (χ0v) is 15.1. The van der Waals surface area contributed by atoms with Gasteiger partial charge in [0.15, 0.2) is 5.96 Å². The molecule has 1 fully saturated rings. The second-order valence-electron chi connectivity index (χ2n) is 6.33. The van der Waals surface area contributed by atoms with Crippen LogP contribution in [0.3, 0.4) is 0 Å². The standard InChI is InChI=1S/C17H36N4O/c1-5-21(6-2)13-12-19-16(18-3)20-15-17(11-14-22-4)9-7-8-10-17/h5-15H2,1-4H3,(H2,18,19,20). The van der Waals surface area contributed by atoms with Gasteiger partial charge in [-0.15, -0.1) is 0 Å². The van der Waals surface area contributed by atoms with Gasteiger partial charge in [0.05, 0.1) is 0 Å². The molecule has 0 atom stereocenters. The molecule has 0 amide bonds. The zero-order valence-electron chi connectivity index (χ0n) is 15.1. The average molecular weight is 313 g/mol. The molecular formula is C17H36N4O. The van der Waals surface area contributed by atoms with Gasteiger partial charge in [-0.1, -0.05) is 26.7 Å². The van der Waals surface area contributed by atoms with Crippen molar-refractivity contribution < 1.29 is 4.74 Å². The quantitative estimate of drug-likeness (QED) is 0.479. The summed E-state index contributed by atoms with van der Waals surface area (Å²) in [7, 11) is 3.65. The Morgan fingerprint density at radius 1 is 1.18 bits per heavy atom. The first-order chi connectivity index (χ1) is 10.7. The van der Waals surface area contributed by atoms with E-state index < -0.39 is 0 Å². The van der Waals surface area contributed by atoms with Crippen molar-refractivity contribution in [1.82, 2.24) is 15.5 Å². The molecule has 1 saturated carbocycles. The van der Waals surface area contributed by atoms with Crippen molar-refractivity contribution in [3.8, 4) is 0 Å². The second kappa shape index (κ2) is 10.8. The van der Waals surface area contributed by atoms with Crippen molar-refractivity contribution in [3.05, 3.63) is 0 Å². The third-order valence-electron chi connectivity index (χ3n) is 4.97. The minimum Gasteiger partial charge on any atom is -0.385 e. The van der Waals surface area contributed by atoms with E-state index in [4.69, 9.17) is 4.74 Å². The first-order valence-electron chi connectivity index (χ1n) is 8.85. The molecule has 2 N–H and O–H groups in total. The van der Waals surface area contributed by atoms with E-state index in [0.717, 1.165) is 51.7 Å². The van der Waals surface area contributed by atoms with Crippen molar-refractivity contribution in [2.24, 2.45) is 10.4 Å². The molecule has 0 aromatic heterocycles. The van der Waals surface area contributed by atoms with Crippen LogP contribution < -0.4 is 10.6 Å². The maximum absolute atomic E-state index is 5.30. The molecule has 0 heterocycles. The molecule has 0 saturated heterocycles. The molecule has 1 aliphatic carbocycles. The van der Waals surface area contributed by atoms with Crippen molar-refractivity contribution in [1.29, 1.82) is 0 Å². The molecule has 0 aromatic carbocycles. The number of hydrogen-bond donors (Lipinski definition) is 2. The monoisotopic (exact) mass is 312 g/mol. The van der Waals surface area contributed by atoms with Crippen LogP contribution in [-0.4, -0.2) is 64.3 Å². The Morgan fingerprint density at radius 2 is 1.86 bits per heavy atom. The molecule has 1 aliphatic rings. The van der Waals surface area contributed by atoms with E-state index in [-0.39, 0.29) is 0 Å². The number of aliphatic imine (C=N–C) groups is 1. The van der Waals surface area contributed by atoms with Crippen LogP contribution in [-0.2, 0) is 4.74 Å². The van der Waals surface area contributed by atoms with Crippen LogP contribution in [0.15, 0.2) is 4.99 Å². The van der Waals surface area contributed by atoms with Crippen molar-refractivity contribution in [2.45, 2.75) is 46.0 Å². The Bertz CT molecular complexity index is 310. The summed E-state index contributed by atoms with van der Waals surface area (Å²) in [5.41, 5.74) is 0.395. The topological polar surface area (TPSA) is 48.9 Å². The summed E-state index contributed by atoms with van der Waals surface area (Å²) in [6, 6.07) is 0. The molecule has 0 spiro atoms. The minimum atomic E-state index is 0.395. The van der Waals surface area contributed by atoms with Crippen LogP contribution in [0, 0.1) is 5.41 Å². The highest BCUT2D eigenvalue weighted by molar-refractivity contribution is 5.79. The lowest BCUT2D eigenvalue weighted by atomic mass is 9.83. The lowest BCUT2D eigenvalue weighted by Crippen LogP contribution is -2.45. The average Bonchev–Trinajstić information content (AvgIpc) is 3.02. The summed E-state index contributed by atoms with van der Waals surface area (Å²) in [6.07, 6.45) is 6.45. The Kier molecular flexibility index (Phi) is 9.48. The highest BCUT2D eigenvalue weighted by atomic mass is 16.5. The van der Waals surface area contributed by atoms with Crippen molar-refractivity contribution in [3.63, 3.8) is 0 Å². The first-order valence-corrected chi connectivity index (χ1v) is 8.85. The van der Waals surface area contributed by atoms with E-state index in [2.05, 4.69) is 34.4 Å². The minimum absolute atomic E-state index is 0.395. The van der Waals surface area contributed by atoms with Gasteiger partial charge in [-0.3, -0.25) is 4.99 Å². The fraction of sp³-hybridized carbons (Fsp3) is 0.941. The Morgan fingerprint density at radius 3 is 2.41 bits per heavy atom. The molecule has 130 valence electrons. The van der Waals surface area contributed by atoms with Gasteiger partial charge in [0.2, 0.25) is 0 Å². The van der Waals surface area contributed by atoms with Crippen LogP contribution in [0.4, 0.5) is 0 Å². The highest BCUT2D eigenvalue weighted by Gasteiger charge is 2.33. The number of nitrogens with one attached hydrogen (secondary N) is 2. The molecule has 22 heavy (non-hydrogen) atoms. The molecule has 0 aliphatic heterocycles. The number of rotatable bonds is 10. The van der Waals surface area contributed by atoms with E-state index >= 15 is 0 Å². The normalized spacial score (nSPS) is 18.0. The second-order valence-corrected chi connectivity index (χ2v) is 6.33. The molecule has 5 heteroatoms. The van der Waals surface area contributed by atoms with E-state index in [1.165, 1.54) is 25.7 Å². The number of hydrogen-bond acceptors (Lipinski definition) is 3. The predicted octanol–water partition coefficient (Wildman–Crippen LogP) is 2.09. The smallest absolute Gasteiger partial charge is 0.191 e. The Hall–Kier alpha value is -0.810. The molecule has 5 nitrogen and oxygen atoms in total. The maximum Gasteiger partial charge on any atom is 0.191 e. The summed E-state index contributed by atoms with van der Waals surface area (Å²) in [5, 5.41) is 6.97. The Balaban J connectivity index is 2.35. The van der Waals surface area contributed by atoms with E-state index in [1.54, 1.807) is 7.11 Å². The fourth-order valence-corrected chi connectivity index (χ4v) is 3.32. The van der Waals surface area contributed by atoms with Crippen molar-refractivity contribution >= 4 is 5.96 Å².